The molecule has 0 aromatic heterocycles. The number of hydrogen-bond acceptors (Lipinski definition) is 7. The summed E-state index contributed by atoms with van der Waals surface area (Å²) >= 11 is 0. The maximum atomic E-state index is 9.53. The van der Waals surface area contributed by atoms with E-state index < -0.39 is 36.6 Å². The predicted molar refractivity (Wildman–Crippen MR) is 96.5 cm³/mol. The van der Waals surface area contributed by atoms with Crippen LogP contribution in [0.4, 0.5) is 0 Å². The largest absolute Gasteiger partial charge is 4.00 e. The molecule has 0 aliphatic heterocycles. The molecule has 0 unspecified atom stereocenters. The molecule has 0 saturated carbocycles. The maximum absolute atomic E-state index is 9.53. The second kappa shape index (κ2) is 56.5. The van der Waals surface area contributed by atoms with E-state index >= 15 is 0 Å². The Morgan fingerprint density at radius 2 is 0.393 bits per heavy atom. The molecule has 0 bridgehead atoms. The first kappa shape index (κ1) is 56.7. The number of rotatable bonds is 0. The molecule has 3 radical (unpaired) electrons. The van der Waals surface area contributed by atoms with Gasteiger partial charge in [0.2, 0.25) is 0 Å². The molecular weight excluding hydrogens is 447 g/mol. The molecule has 0 aromatic rings. The molecule has 0 rings (SSSR count). The van der Waals surface area contributed by atoms with Crippen LogP contribution >= 0.6 is 0 Å². The summed E-state index contributed by atoms with van der Waals surface area (Å²) in [6.45, 7) is 23.8. The van der Waals surface area contributed by atoms with Gasteiger partial charge in [0.05, 0.1) is 0 Å². The van der Waals surface area contributed by atoms with Crippen LogP contribution < -0.4 is 30.6 Å². The van der Waals surface area contributed by atoms with Crippen molar-refractivity contribution in [2.75, 3.05) is 0 Å². The summed E-state index contributed by atoms with van der Waals surface area (Å²) in [5.74, 6) is 0. The van der Waals surface area contributed by atoms with E-state index in [1.807, 2.05) is 0 Å². The Morgan fingerprint density at radius 1 is 0.393 bits per heavy atom. The molecule has 0 spiro atoms. The Morgan fingerprint density at radius 3 is 0.393 bits per heavy atom. The van der Waals surface area contributed by atoms with E-state index in [1.54, 1.807) is 83.1 Å². The van der Waals surface area contributed by atoms with Crippen LogP contribution in [0.1, 0.15) is 83.1 Å². The van der Waals surface area contributed by atoms with Gasteiger partial charge in [-0.05, 0) is 0 Å². The van der Waals surface area contributed by atoms with Crippen LogP contribution in [0.15, 0.2) is 0 Å². The molecule has 0 atom stereocenters. The molecular formula is C19H42CoO7Ti. The summed E-state index contributed by atoms with van der Waals surface area (Å²) in [5.41, 5.74) is 0. The van der Waals surface area contributed by atoms with E-state index in [2.05, 4.69) is 6.79 Å². The Balaban J connectivity index is -0.0000000214. The zero-order valence-corrected chi connectivity index (χ0v) is 22.3. The third-order valence-corrected chi connectivity index (χ3v) is 0. The number of hydrogen-bond donors (Lipinski definition) is 0. The first-order valence-corrected chi connectivity index (χ1v) is 8.55. The van der Waals surface area contributed by atoms with E-state index in [4.69, 9.17) is 4.79 Å². The average molecular weight is 489 g/mol. The fourth-order valence-electron chi connectivity index (χ4n) is 0. The average Bonchev–Trinajstić information content (AvgIpc) is 2.25. The topological polar surface area (TPSA) is 155 Å². The van der Waals surface area contributed by atoms with E-state index in [0.29, 0.717) is 0 Å². The van der Waals surface area contributed by atoms with Crippen LogP contribution in [0.5, 0.6) is 0 Å². The second-order valence-electron chi connectivity index (χ2n) is 6.29. The van der Waals surface area contributed by atoms with Crippen molar-refractivity contribution < 1.29 is 73.9 Å². The minimum absolute atomic E-state index is 0. The molecule has 7 nitrogen and oxygen atoms in total. The van der Waals surface area contributed by atoms with Gasteiger partial charge in [-0.3, -0.25) is 4.79 Å². The van der Waals surface area contributed by atoms with Gasteiger partial charge >= 0.3 is 38.5 Å². The van der Waals surface area contributed by atoms with Gasteiger partial charge in [0.1, 0.15) is 0 Å². The van der Waals surface area contributed by atoms with Crippen molar-refractivity contribution in [3.63, 3.8) is 0 Å². The summed E-state index contributed by atoms with van der Waals surface area (Å²) in [6, 6.07) is 0. The van der Waals surface area contributed by atoms with Gasteiger partial charge in [-0.15, -0.1) is 36.6 Å². The van der Waals surface area contributed by atoms with Crippen LogP contribution in [-0.2, 0) is 43.3 Å². The van der Waals surface area contributed by atoms with Gasteiger partial charge in [0.25, 0.3) is 6.79 Å². The molecule has 173 valence electrons. The maximum Gasteiger partial charge on any atom is 4.00 e. The van der Waals surface area contributed by atoms with E-state index in [0.717, 1.165) is 0 Å². The standard InChI is InChI=1S/6C3H7O.CO.Co.Ti/c6*1-3(2)4;1-2;;/h6*3H,1-2H3;;;/q6*-1;;+2;+4. The summed E-state index contributed by atoms with van der Waals surface area (Å²) in [6.07, 6.45) is -2.50. The van der Waals surface area contributed by atoms with Crippen LogP contribution in [-0.4, -0.2) is 43.4 Å². The predicted octanol–water partition coefficient (Wildman–Crippen LogP) is -1.87. The van der Waals surface area contributed by atoms with Crippen molar-refractivity contribution in [2.24, 2.45) is 0 Å². The number of carbonyl (C=O) groups excluding carboxylic acids is 1. The molecule has 0 N–H and O–H groups in total. The molecule has 0 aliphatic rings. The second-order valence-corrected chi connectivity index (χ2v) is 6.29. The molecule has 0 heterocycles. The minimum atomic E-state index is -0.417. The van der Waals surface area contributed by atoms with Gasteiger partial charge in [-0.1, -0.05) is 83.1 Å². The Hall–Kier alpha value is 0.651. The normalized spacial score (nSPS) is 7.86. The van der Waals surface area contributed by atoms with Gasteiger partial charge in [-0.25, -0.2) is 0 Å². The minimum Gasteiger partial charge on any atom is -0.852 e. The first-order chi connectivity index (χ1) is 11.4. The monoisotopic (exact) mass is 489 g/mol. The van der Waals surface area contributed by atoms with Gasteiger partial charge in [0, 0.05) is 0 Å². The third-order valence-electron chi connectivity index (χ3n) is 0. The van der Waals surface area contributed by atoms with Gasteiger partial charge in [0.15, 0.2) is 0 Å². The SMILES string of the molecule is CC(C)[O-].CC(C)[O-].CC(C)[O-].CC(C)[O-].CC(C)[O-].CC(C)[O-].[C]=O.[Co+2].[Ti+4]. The first-order valence-electron chi connectivity index (χ1n) is 8.55. The zero-order chi connectivity index (χ0) is 23.5. The van der Waals surface area contributed by atoms with E-state index in [9.17, 15) is 30.6 Å². The van der Waals surface area contributed by atoms with Crippen LogP contribution in [0.2, 0.25) is 0 Å². The molecule has 0 amide bonds. The van der Waals surface area contributed by atoms with E-state index in [-0.39, 0.29) is 38.5 Å². The molecule has 9 heteroatoms. The van der Waals surface area contributed by atoms with Crippen molar-refractivity contribution in [1.29, 1.82) is 0 Å². The quantitative estimate of drug-likeness (QED) is 0.361. The summed E-state index contributed by atoms with van der Waals surface area (Å²) in [5, 5.41) is 57.2. The van der Waals surface area contributed by atoms with Crippen molar-refractivity contribution >= 4 is 6.79 Å². The Labute approximate surface area is 200 Å². The van der Waals surface area contributed by atoms with Crippen molar-refractivity contribution in [2.45, 2.75) is 120 Å². The summed E-state index contributed by atoms with van der Waals surface area (Å²) < 4.78 is 0. The Kier molecular flexibility index (Phi) is 114. The van der Waals surface area contributed by atoms with Crippen molar-refractivity contribution in [1.82, 2.24) is 0 Å². The van der Waals surface area contributed by atoms with Crippen LogP contribution in [0, 0.1) is 0 Å². The molecule has 0 aromatic carbocycles. The molecule has 0 aliphatic carbocycles. The summed E-state index contributed by atoms with van der Waals surface area (Å²) in [7, 11) is 0. The zero-order valence-electron chi connectivity index (χ0n) is 19.7. The molecule has 0 saturated heterocycles. The van der Waals surface area contributed by atoms with Gasteiger partial charge in [-0.2, -0.15) is 0 Å². The van der Waals surface area contributed by atoms with Crippen LogP contribution in [0.25, 0.3) is 0 Å². The van der Waals surface area contributed by atoms with Crippen molar-refractivity contribution in [3.8, 4) is 0 Å². The van der Waals surface area contributed by atoms with Gasteiger partial charge < -0.3 is 30.6 Å². The fraction of sp³-hybridized carbons (Fsp3) is 0.947. The smallest absolute Gasteiger partial charge is 0.852 e. The third kappa shape index (κ3) is 41400. The van der Waals surface area contributed by atoms with E-state index in [1.165, 1.54) is 0 Å². The Bertz CT molecular complexity index is 121. The van der Waals surface area contributed by atoms with Crippen molar-refractivity contribution in [3.05, 3.63) is 0 Å². The summed E-state index contributed by atoms with van der Waals surface area (Å²) in [4.78, 5) is 7.50. The molecule has 0 fully saturated rings. The molecule has 28 heavy (non-hydrogen) atoms. The fourth-order valence-corrected chi connectivity index (χ4v) is 0. The van der Waals surface area contributed by atoms with Crippen LogP contribution in [0.3, 0.4) is 0 Å².